The monoisotopic (exact) mass is 380 g/mol. The smallest absolute Gasteiger partial charge is 0.331 e. The topological polar surface area (TPSA) is 97.6 Å². The summed E-state index contributed by atoms with van der Waals surface area (Å²) >= 11 is 0. The first kappa shape index (κ1) is 20.5. The third kappa shape index (κ3) is 5.61. The minimum atomic E-state index is -1.01. The van der Waals surface area contributed by atoms with Crippen LogP contribution in [0.25, 0.3) is 6.08 Å². The third-order valence-electron chi connectivity index (χ3n) is 3.76. The quantitative estimate of drug-likeness (QED) is 0.585. The van der Waals surface area contributed by atoms with Crippen LogP contribution in [-0.2, 0) is 14.3 Å². The number of carbonyl (C=O) groups is 2. The zero-order chi connectivity index (χ0) is 20.5. The lowest BCUT2D eigenvalue weighted by Crippen LogP contribution is -2.29. The maximum absolute atomic E-state index is 12.2. The maximum atomic E-state index is 12.2. The van der Waals surface area contributed by atoms with Crippen LogP contribution in [0, 0.1) is 11.3 Å². The Morgan fingerprint density at radius 1 is 1.14 bits per heavy atom. The fraction of sp³-hybridized carbons (Fsp3) is 0.190. The van der Waals surface area contributed by atoms with E-state index in [9.17, 15) is 9.59 Å². The van der Waals surface area contributed by atoms with Crippen LogP contribution < -0.4 is 14.8 Å². The number of methoxy groups -OCH3 is 2. The van der Waals surface area contributed by atoms with Gasteiger partial charge in [-0.2, -0.15) is 5.26 Å². The van der Waals surface area contributed by atoms with Crippen molar-refractivity contribution in [1.82, 2.24) is 0 Å². The lowest BCUT2D eigenvalue weighted by atomic mass is 10.1. The lowest BCUT2D eigenvalue weighted by molar-refractivity contribution is -0.148. The van der Waals surface area contributed by atoms with E-state index >= 15 is 0 Å². The zero-order valence-electron chi connectivity index (χ0n) is 15.8. The van der Waals surface area contributed by atoms with Gasteiger partial charge in [0.1, 0.15) is 11.5 Å². The molecule has 1 N–H and O–H groups in total. The molecular weight excluding hydrogens is 360 g/mol. The molecule has 0 fully saturated rings. The first-order valence-electron chi connectivity index (χ1n) is 8.38. The number of ether oxygens (including phenoxy) is 3. The van der Waals surface area contributed by atoms with Crippen molar-refractivity contribution >= 4 is 23.6 Å². The summed E-state index contributed by atoms with van der Waals surface area (Å²) in [6, 6.07) is 13.6. The normalized spacial score (nSPS) is 11.4. The summed E-state index contributed by atoms with van der Waals surface area (Å²) in [4.78, 5) is 24.2. The highest BCUT2D eigenvalue weighted by atomic mass is 16.5. The number of nitrogens with zero attached hydrogens (tertiary/aromatic N) is 1. The fourth-order valence-electron chi connectivity index (χ4n) is 2.29. The molecule has 28 heavy (non-hydrogen) atoms. The van der Waals surface area contributed by atoms with Gasteiger partial charge in [-0.05, 0) is 43.3 Å². The van der Waals surface area contributed by atoms with Crippen LogP contribution in [0.2, 0.25) is 0 Å². The third-order valence-corrected chi connectivity index (χ3v) is 3.76. The Labute approximate surface area is 163 Å². The molecule has 0 saturated heterocycles. The molecule has 0 bridgehead atoms. The van der Waals surface area contributed by atoms with Crippen molar-refractivity contribution in [2.45, 2.75) is 13.0 Å². The lowest BCUT2D eigenvalue weighted by Gasteiger charge is -2.12. The molecule has 0 unspecified atom stereocenters. The Kier molecular flexibility index (Phi) is 7.17. The van der Waals surface area contributed by atoms with Crippen LogP contribution in [-0.4, -0.2) is 32.2 Å². The molecule has 0 aliphatic carbocycles. The minimum Gasteiger partial charge on any atom is -0.497 e. The van der Waals surface area contributed by atoms with Gasteiger partial charge >= 0.3 is 5.97 Å². The largest absolute Gasteiger partial charge is 0.497 e. The predicted octanol–water partition coefficient (Wildman–Crippen LogP) is 3.16. The fourth-order valence-corrected chi connectivity index (χ4v) is 2.29. The van der Waals surface area contributed by atoms with E-state index in [1.165, 1.54) is 32.3 Å². The molecule has 7 heteroatoms. The molecule has 2 aromatic carbocycles. The predicted molar refractivity (Wildman–Crippen MR) is 104 cm³/mol. The van der Waals surface area contributed by atoms with E-state index in [2.05, 4.69) is 5.32 Å². The molecule has 1 amide bonds. The molecule has 0 aliphatic heterocycles. The Morgan fingerprint density at radius 3 is 2.61 bits per heavy atom. The van der Waals surface area contributed by atoms with E-state index in [0.29, 0.717) is 28.3 Å². The molecule has 2 aromatic rings. The number of anilines is 1. The summed E-state index contributed by atoms with van der Waals surface area (Å²) in [5.74, 6) is -0.0148. The number of benzene rings is 2. The Morgan fingerprint density at radius 2 is 1.93 bits per heavy atom. The van der Waals surface area contributed by atoms with E-state index in [1.807, 2.05) is 6.07 Å². The summed E-state index contributed by atoms with van der Waals surface area (Å²) in [6.45, 7) is 1.46. The summed E-state index contributed by atoms with van der Waals surface area (Å²) in [6.07, 6.45) is 1.73. The van der Waals surface area contributed by atoms with Gasteiger partial charge in [-0.3, -0.25) is 4.79 Å². The second-order valence-electron chi connectivity index (χ2n) is 5.70. The van der Waals surface area contributed by atoms with Gasteiger partial charge < -0.3 is 19.5 Å². The van der Waals surface area contributed by atoms with Crippen molar-refractivity contribution in [2.24, 2.45) is 0 Å². The van der Waals surface area contributed by atoms with Gasteiger partial charge in [0.15, 0.2) is 6.10 Å². The van der Waals surface area contributed by atoms with E-state index in [4.69, 9.17) is 19.5 Å². The van der Waals surface area contributed by atoms with Crippen molar-refractivity contribution in [1.29, 1.82) is 5.26 Å². The maximum Gasteiger partial charge on any atom is 0.331 e. The van der Waals surface area contributed by atoms with Crippen LogP contribution in [0.5, 0.6) is 11.5 Å². The number of nitrogens with one attached hydrogen (secondary N) is 1. The molecule has 0 heterocycles. The van der Waals surface area contributed by atoms with E-state index in [-0.39, 0.29) is 0 Å². The number of carbonyl (C=O) groups excluding carboxylic acids is 2. The molecule has 0 aromatic heterocycles. The van der Waals surface area contributed by atoms with Gasteiger partial charge in [-0.1, -0.05) is 6.07 Å². The molecule has 1 atom stereocenters. The summed E-state index contributed by atoms with van der Waals surface area (Å²) < 4.78 is 15.5. The number of hydrogen-bond acceptors (Lipinski definition) is 6. The van der Waals surface area contributed by atoms with Crippen LogP contribution in [0.4, 0.5) is 5.69 Å². The zero-order valence-corrected chi connectivity index (χ0v) is 15.8. The molecule has 0 radical (unpaired) electrons. The number of esters is 1. The Bertz CT molecular complexity index is 931. The molecule has 0 aliphatic rings. The van der Waals surface area contributed by atoms with Gasteiger partial charge in [-0.15, -0.1) is 0 Å². The summed E-state index contributed by atoms with van der Waals surface area (Å²) in [7, 11) is 3.06. The van der Waals surface area contributed by atoms with Crippen molar-refractivity contribution in [3.8, 4) is 17.6 Å². The van der Waals surface area contributed by atoms with Gasteiger partial charge in [0.2, 0.25) is 0 Å². The Balaban J connectivity index is 1.97. The van der Waals surface area contributed by atoms with Gasteiger partial charge in [0, 0.05) is 23.4 Å². The Hall–Kier alpha value is -3.79. The van der Waals surface area contributed by atoms with E-state index < -0.39 is 18.0 Å². The second-order valence-corrected chi connectivity index (χ2v) is 5.70. The molecule has 2 rings (SSSR count). The van der Waals surface area contributed by atoms with Crippen LogP contribution in [0.3, 0.4) is 0 Å². The van der Waals surface area contributed by atoms with Crippen LogP contribution in [0.1, 0.15) is 18.1 Å². The minimum absolute atomic E-state index is 0.416. The van der Waals surface area contributed by atoms with Crippen molar-refractivity contribution in [3.05, 3.63) is 59.7 Å². The molecular formula is C21H20N2O5. The van der Waals surface area contributed by atoms with Crippen molar-refractivity contribution in [3.63, 3.8) is 0 Å². The highest BCUT2D eigenvalue weighted by molar-refractivity contribution is 5.96. The van der Waals surface area contributed by atoms with Gasteiger partial charge in [0.05, 0.1) is 25.9 Å². The molecule has 0 saturated carbocycles. The molecule has 7 nitrogen and oxygen atoms in total. The van der Waals surface area contributed by atoms with Crippen LogP contribution in [0.15, 0.2) is 48.5 Å². The first-order chi connectivity index (χ1) is 13.5. The SMILES string of the molecule is COc1ccc(/C=C/C(=O)O[C@@H](C)C(=O)Nc2cccc(C#N)c2)c(OC)c1. The number of amides is 1. The van der Waals surface area contributed by atoms with Gasteiger partial charge in [0.25, 0.3) is 5.91 Å². The first-order valence-corrected chi connectivity index (χ1v) is 8.38. The molecule has 144 valence electrons. The number of nitriles is 1. The summed E-state index contributed by atoms with van der Waals surface area (Å²) in [5.41, 5.74) is 1.52. The number of hydrogen-bond donors (Lipinski definition) is 1. The number of rotatable bonds is 7. The van der Waals surface area contributed by atoms with Crippen LogP contribution >= 0.6 is 0 Å². The van der Waals surface area contributed by atoms with E-state index in [0.717, 1.165) is 0 Å². The second kappa shape index (κ2) is 9.78. The highest BCUT2D eigenvalue weighted by Gasteiger charge is 2.17. The highest BCUT2D eigenvalue weighted by Crippen LogP contribution is 2.25. The average Bonchev–Trinajstić information content (AvgIpc) is 2.72. The average molecular weight is 380 g/mol. The summed E-state index contributed by atoms with van der Waals surface area (Å²) in [5, 5.41) is 11.5. The van der Waals surface area contributed by atoms with E-state index in [1.54, 1.807) is 43.5 Å². The van der Waals surface area contributed by atoms with Crippen molar-refractivity contribution in [2.75, 3.05) is 19.5 Å². The van der Waals surface area contributed by atoms with Gasteiger partial charge in [-0.25, -0.2) is 4.79 Å². The molecule has 0 spiro atoms. The van der Waals surface area contributed by atoms with Crippen molar-refractivity contribution < 1.29 is 23.8 Å². The standard InChI is InChI=1S/C21H20N2O5/c1-14(21(25)23-17-6-4-5-15(11-17)13-22)28-20(24)10-8-16-7-9-18(26-2)12-19(16)27-3/h4-12,14H,1-3H3,(H,23,25)/b10-8+/t14-/m0/s1.